The second-order valence-electron chi connectivity index (χ2n) is 5.04. The SMILES string of the molecule is Cc1cccc(C#N)c1NC1COCC1(C)C(=O)O. The Morgan fingerprint density at radius 2 is 2.37 bits per heavy atom. The van der Waals surface area contributed by atoms with Gasteiger partial charge in [0.05, 0.1) is 30.5 Å². The lowest BCUT2D eigenvalue weighted by Gasteiger charge is -2.27. The predicted molar refractivity (Wildman–Crippen MR) is 69.9 cm³/mol. The van der Waals surface area contributed by atoms with Gasteiger partial charge in [-0.2, -0.15) is 5.26 Å². The molecule has 100 valence electrons. The van der Waals surface area contributed by atoms with Crippen LogP contribution in [0, 0.1) is 23.7 Å². The molecule has 2 rings (SSSR count). The number of nitrogens with zero attached hydrogens (tertiary/aromatic N) is 1. The highest BCUT2D eigenvalue weighted by atomic mass is 16.5. The number of carboxylic acid groups (broad SMARTS) is 1. The molecule has 0 bridgehead atoms. The molecule has 1 heterocycles. The number of anilines is 1. The van der Waals surface area contributed by atoms with Crippen molar-refractivity contribution in [2.45, 2.75) is 19.9 Å². The lowest BCUT2D eigenvalue weighted by molar-refractivity contribution is -0.148. The number of carboxylic acids is 1. The lowest BCUT2D eigenvalue weighted by atomic mass is 9.85. The maximum Gasteiger partial charge on any atom is 0.313 e. The highest BCUT2D eigenvalue weighted by Crippen LogP contribution is 2.33. The number of nitriles is 1. The van der Waals surface area contributed by atoms with Crippen LogP contribution in [0.15, 0.2) is 18.2 Å². The molecule has 2 N–H and O–H groups in total. The molecule has 0 amide bonds. The molecule has 0 saturated carbocycles. The molecule has 0 aromatic heterocycles. The molecular formula is C14H16N2O3. The number of benzene rings is 1. The molecule has 0 aliphatic carbocycles. The summed E-state index contributed by atoms with van der Waals surface area (Å²) in [6, 6.07) is 7.17. The van der Waals surface area contributed by atoms with E-state index in [1.807, 2.05) is 13.0 Å². The molecule has 1 saturated heterocycles. The van der Waals surface area contributed by atoms with Crippen molar-refractivity contribution in [3.8, 4) is 6.07 Å². The third kappa shape index (κ3) is 2.27. The number of nitrogens with one attached hydrogen (secondary N) is 1. The van der Waals surface area contributed by atoms with E-state index in [0.717, 1.165) is 5.56 Å². The minimum Gasteiger partial charge on any atom is -0.481 e. The van der Waals surface area contributed by atoms with E-state index < -0.39 is 11.4 Å². The first-order valence-corrected chi connectivity index (χ1v) is 6.06. The molecule has 1 fully saturated rings. The van der Waals surface area contributed by atoms with Crippen LogP contribution in [0.3, 0.4) is 0 Å². The van der Waals surface area contributed by atoms with Crippen LogP contribution in [-0.2, 0) is 9.53 Å². The summed E-state index contributed by atoms with van der Waals surface area (Å²) in [5.41, 5.74) is 1.14. The zero-order valence-corrected chi connectivity index (χ0v) is 10.9. The Morgan fingerprint density at radius 1 is 1.63 bits per heavy atom. The maximum atomic E-state index is 11.4. The van der Waals surface area contributed by atoms with Crippen LogP contribution in [0.4, 0.5) is 5.69 Å². The van der Waals surface area contributed by atoms with Gasteiger partial charge >= 0.3 is 5.97 Å². The fourth-order valence-electron chi connectivity index (χ4n) is 2.21. The summed E-state index contributed by atoms with van der Waals surface area (Å²) in [7, 11) is 0. The number of aliphatic carboxylic acids is 1. The number of para-hydroxylation sites is 1. The molecule has 0 radical (unpaired) electrons. The topological polar surface area (TPSA) is 82.3 Å². The summed E-state index contributed by atoms with van der Waals surface area (Å²) in [6.07, 6.45) is 0. The van der Waals surface area contributed by atoms with Gasteiger partial charge in [-0.25, -0.2) is 0 Å². The van der Waals surface area contributed by atoms with Gasteiger partial charge in [0.25, 0.3) is 0 Å². The van der Waals surface area contributed by atoms with Gasteiger partial charge in [0.1, 0.15) is 11.5 Å². The second kappa shape index (κ2) is 4.90. The number of hydrogen-bond acceptors (Lipinski definition) is 4. The largest absolute Gasteiger partial charge is 0.481 e. The smallest absolute Gasteiger partial charge is 0.313 e. The van der Waals surface area contributed by atoms with E-state index in [-0.39, 0.29) is 12.6 Å². The number of hydrogen-bond donors (Lipinski definition) is 2. The van der Waals surface area contributed by atoms with E-state index in [4.69, 9.17) is 10.00 Å². The zero-order chi connectivity index (χ0) is 14.0. The third-order valence-electron chi connectivity index (χ3n) is 3.66. The second-order valence-corrected chi connectivity index (χ2v) is 5.04. The van der Waals surface area contributed by atoms with Crippen LogP contribution in [0.1, 0.15) is 18.1 Å². The Bertz CT molecular complexity index is 550. The number of rotatable bonds is 3. The molecular weight excluding hydrogens is 244 g/mol. The quantitative estimate of drug-likeness (QED) is 0.865. The fraction of sp³-hybridized carbons (Fsp3) is 0.429. The van der Waals surface area contributed by atoms with Crippen molar-refractivity contribution in [2.75, 3.05) is 18.5 Å². The molecule has 1 aliphatic heterocycles. The molecule has 5 heteroatoms. The summed E-state index contributed by atoms with van der Waals surface area (Å²) in [5.74, 6) is -0.894. The van der Waals surface area contributed by atoms with Crippen molar-refractivity contribution in [3.63, 3.8) is 0 Å². The highest BCUT2D eigenvalue weighted by molar-refractivity contribution is 5.77. The van der Waals surface area contributed by atoms with Crippen LogP contribution < -0.4 is 5.32 Å². The van der Waals surface area contributed by atoms with E-state index >= 15 is 0 Å². The van der Waals surface area contributed by atoms with Crippen LogP contribution >= 0.6 is 0 Å². The van der Waals surface area contributed by atoms with Crippen LogP contribution in [-0.4, -0.2) is 30.3 Å². The molecule has 5 nitrogen and oxygen atoms in total. The average molecular weight is 260 g/mol. The van der Waals surface area contributed by atoms with Crippen molar-refractivity contribution in [1.29, 1.82) is 5.26 Å². The Kier molecular flexibility index (Phi) is 3.45. The van der Waals surface area contributed by atoms with E-state index in [1.165, 1.54) is 0 Å². The number of ether oxygens (including phenoxy) is 1. The van der Waals surface area contributed by atoms with Gasteiger partial charge in [-0.3, -0.25) is 4.79 Å². The van der Waals surface area contributed by atoms with Crippen molar-refractivity contribution in [3.05, 3.63) is 29.3 Å². The molecule has 2 unspecified atom stereocenters. The van der Waals surface area contributed by atoms with Gasteiger partial charge in [-0.1, -0.05) is 12.1 Å². The first-order valence-electron chi connectivity index (χ1n) is 6.06. The first-order chi connectivity index (χ1) is 8.99. The maximum absolute atomic E-state index is 11.4. The Morgan fingerprint density at radius 3 is 3.00 bits per heavy atom. The van der Waals surface area contributed by atoms with Crippen LogP contribution in [0.5, 0.6) is 0 Å². The molecule has 0 spiro atoms. The van der Waals surface area contributed by atoms with Gasteiger partial charge in [-0.15, -0.1) is 0 Å². The molecule has 1 aromatic rings. The first kappa shape index (κ1) is 13.4. The van der Waals surface area contributed by atoms with Crippen LogP contribution in [0.2, 0.25) is 0 Å². The summed E-state index contributed by atoms with van der Waals surface area (Å²) in [4.78, 5) is 11.4. The number of carbonyl (C=O) groups is 1. The highest BCUT2D eigenvalue weighted by Gasteiger charge is 2.46. The normalized spacial score (nSPS) is 25.8. The minimum absolute atomic E-state index is 0.174. The predicted octanol–water partition coefficient (Wildman–Crippen LogP) is 1.77. The van der Waals surface area contributed by atoms with Crippen molar-refractivity contribution < 1.29 is 14.6 Å². The zero-order valence-electron chi connectivity index (χ0n) is 10.9. The molecule has 2 atom stereocenters. The van der Waals surface area contributed by atoms with Gasteiger partial charge < -0.3 is 15.2 Å². The van der Waals surface area contributed by atoms with Crippen molar-refractivity contribution in [1.82, 2.24) is 0 Å². The van der Waals surface area contributed by atoms with E-state index in [0.29, 0.717) is 17.9 Å². The Hall–Kier alpha value is -2.06. The van der Waals surface area contributed by atoms with E-state index in [2.05, 4.69) is 11.4 Å². The molecule has 19 heavy (non-hydrogen) atoms. The lowest BCUT2D eigenvalue weighted by Crippen LogP contribution is -2.43. The summed E-state index contributed by atoms with van der Waals surface area (Å²) < 4.78 is 5.29. The number of aryl methyl sites for hydroxylation is 1. The van der Waals surface area contributed by atoms with Crippen LogP contribution in [0.25, 0.3) is 0 Å². The van der Waals surface area contributed by atoms with E-state index in [1.54, 1.807) is 19.1 Å². The summed E-state index contributed by atoms with van der Waals surface area (Å²) in [6.45, 7) is 4.04. The molecule has 1 aromatic carbocycles. The van der Waals surface area contributed by atoms with E-state index in [9.17, 15) is 9.90 Å². The van der Waals surface area contributed by atoms with Crippen molar-refractivity contribution in [2.24, 2.45) is 5.41 Å². The van der Waals surface area contributed by atoms with Gasteiger partial charge in [0.2, 0.25) is 0 Å². The fourth-order valence-corrected chi connectivity index (χ4v) is 2.21. The van der Waals surface area contributed by atoms with Crippen molar-refractivity contribution >= 4 is 11.7 Å². The summed E-state index contributed by atoms with van der Waals surface area (Å²) in [5, 5.41) is 21.6. The Balaban J connectivity index is 2.32. The van der Waals surface area contributed by atoms with Gasteiger partial charge in [-0.05, 0) is 25.5 Å². The van der Waals surface area contributed by atoms with Gasteiger partial charge in [0, 0.05) is 0 Å². The molecule has 1 aliphatic rings. The van der Waals surface area contributed by atoms with Gasteiger partial charge in [0.15, 0.2) is 0 Å². The monoisotopic (exact) mass is 260 g/mol. The Labute approximate surface area is 111 Å². The standard InChI is InChI=1S/C14H16N2O3/c1-9-4-3-5-10(6-15)12(9)16-11-7-19-8-14(11,2)13(17)18/h3-5,11,16H,7-8H2,1-2H3,(H,17,18). The average Bonchev–Trinajstić information content (AvgIpc) is 2.75. The minimum atomic E-state index is -0.977. The summed E-state index contributed by atoms with van der Waals surface area (Å²) >= 11 is 0. The third-order valence-corrected chi connectivity index (χ3v) is 3.66.